The highest BCUT2D eigenvalue weighted by molar-refractivity contribution is 6.02. The number of carbonyl (C=O) groups is 2. The molecular weight excluding hydrogens is 304 g/mol. The Morgan fingerprint density at radius 3 is 2.29 bits per heavy atom. The molecule has 0 unspecified atom stereocenters. The fraction of sp³-hybridized carbons (Fsp3) is 0.263. The number of hydrogen-bond donors (Lipinski definition) is 2. The van der Waals surface area contributed by atoms with E-state index in [4.69, 9.17) is 10.8 Å². The van der Waals surface area contributed by atoms with Crippen molar-refractivity contribution in [2.24, 2.45) is 0 Å². The first-order valence-corrected chi connectivity index (χ1v) is 7.78. The first-order valence-electron chi connectivity index (χ1n) is 7.78. The molecule has 2 rings (SSSR count). The molecule has 5 heteroatoms. The molecule has 0 spiro atoms. The summed E-state index contributed by atoms with van der Waals surface area (Å²) >= 11 is 0. The van der Waals surface area contributed by atoms with Crippen molar-refractivity contribution in [3.8, 4) is 12.3 Å². The lowest BCUT2D eigenvalue weighted by Gasteiger charge is -2.27. The molecule has 2 N–H and O–H groups in total. The number of furan rings is 1. The maximum absolute atomic E-state index is 12.3. The van der Waals surface area contributed by atoms with Crippen LogP contribution in [0.2, 0.25) is 0 Å². The molecule has 24 heavy (non-hydrogen) atoms. The minimum atomic E-state index is -0.636. The summed E-state index contributed by atoms with van der Waals surface area (Å²) in [6.07, 6.45) is 8.30. The van der Waals surface area contributed by atoms with Gasteiger partial charge in [-0.3, -0.25) is 9.59 Å². The molecule has 0 saturated heterocycles. The zero-order valence-corrected chi connectivity index (χ0v) is 13.8. The molecule has 0 saturated carbocycles. The molecule has 0 aliphatic carbocycles. The third-order valence-corrected chi connectivity index (χ3v) is 3.99. The van der Waals surface area contributed by atoms with Crippen molar-refractivity contribution in [1.82, 2.24) is 5.32 Å². The van der Waals surface area contributed by atoms with Crippen molar-refractivity contribution < 1.29 is 14.0 Å². The average molecular weight is 324 g/mol. The maximum atomic E-state index is 12.3. The van der Waals surface area contributed by atoms with E-state index in [0.29, 0.717) is 24.1 Å². The van der Waals surface area contributed by atoms with E-state index >= 15 is 0 Å². The standard InChI is InChI=1S/C19H20N2O3/c1-4-19(5-2,6-3)21-17(22)14-9-11-15(12-10-14)20-18(23)16-8-7-13-24-16/h1,7-13H,5-6H2,2-3H3,(H,20,23)(H,21,22). The number of anilines is 1. The van der Waals surface area contributed by atoms with Crippen LogP contribution in [0.25, 0.3) is 0 Å². The summed E-state index contributed by atoms with van der Waals surface area (Å²) in [4.78, 5) is 24.2. The fourth-order valence-electron chi connectivity index (χ4n) is 2.26. The summed E-state index contributed by atoms with van der Waals surface area (Å²) in [7, 11) is 0. The molecule has 5 nitrogen and oxygen atoms in total. The van der Waals surface area contributed by atoms with Crippen LogP contribution in [0.3, 0.4) is 0 Å². The molecule has 0 aliphatic heterocycles. The summed E-state index contributed by atoms with van der Waals surface area (Å²) in [5, 5.41) is 5.60. The van der Waals surface area contributed by atoms with Crippen molar-refractivity contribution in [3.05, 3.63) is 54.0 Å². The van der Waals surface area contributed by atoms with Crippen molar-refractivity contribution in [3.63, 3.8) is 0 Å². The van der Waals surface area contributed by atoms with Crippen LogP contribution in [0.15, 0.2) is 47.1 Å². The molecule has 0 fully saturated rings. The molecule has 0 atom stereocenters. The number of hydrogen-bond acceptors (Lipinski definition) is 3. The van der Waals surface area contributed by atoms with Crippen LogP contribution in [-0.4, -0.2) is 17.4 Å². The second-order valence-electron chi connectivity index (χ2n) is 5.40. The van der Waals surface area contributed by atoms with Gasteiger partial charge in [-0.25, -0.2) is 0 Å². The number of carbonyl (C=O) groups excluding carboxylic acids is 2. The molecule has 1 aromatic carbocycles. The fourth-order valence-corrected chi connectivity index (χ4v) is 2.26. The molecule has 2 aromatic rings. The molecule has 0 radical (unpaired) electrons. The molecule has 1 aromatic heterocycles. The van der Waals surface area contributed by atoms with Crippen LogP contribution >= 0.6 is 0 Å². The van der Waals surface area contributed by atoms with E-state index in [0.717, 1.165) is 0 Å². The Hall–Kier alpha value is -3.00. The zero-order valence-electron chi connectivity index (χ0n) is 13.8. The SMILES string of the molecule is C#CC(CC)(CC)NC(=O)c1ccc(NC(=O)c2ccco2)cc1. The topological polar surface area (TPSA) is 71.3 Å². The van der Waals surface area contributed by atoms with Crippen molar-refractivity contribution in [1.29, 1.82) is 0 Å². The van der Waals surface area contributed by atoms with E-state index in [9.17, 15) is 9.59 Å². The summed E-state index contributed by atoms with van der Waals surface area (Å²) in [6.45, 7) is 3.88. The molecule has 0 aliphatic rings. The predicted octanol–water partition coefficient (Wildman–Crippen LogP) is 3.45. The first-order chi connectivity index (χ1) is 11.5. The van der Waals surface area contributed by atoms with Gasteiger partial charge in [-0.05, 0) is 49.2 Å². The number of amides is 2. The van der Waals surface area contributed by atoms with Crippen LogP contribution in [0.1, 0.15) is 47.6 Å². The van der Waals surface area contributed by atoms with Gasteiger partial charge in [-0.1, -0.05) is 19.8 Å². The van der Waals surface area contributed by atoms with E-state index < -0.39 is 5.54 Å². The van der Waals surface area contributed by atoms with Crippen molar-refractivity contribution >= 4 is 17.5 Å². The Bertz CT molecular complexity index is 736. The van der Waals surface area contributed by atoms with Gasteiger partial charge in [0.1, 0.15) is 5.54 Å². The highest BCUT2D eigenvalue weighted by Crippen LogP contribution is 2.16. The van der Waals surface area contributed by atoms with Gasteiger partial charge in [-0.2, -0.15) is 0 Å². The highest BCUT2D eigenvalue weighted by Gasteiger charge is 2.25. The third kappa shape index (κ3) is 3.85. The molecular formula is C19H20N2O3. The minimum absolute atomic E-state index is 0.224. The first kappa shape index (κ1) is 17.4. The van der Waals surface area contributed by atoms with E-state index in [1.54, 1.807) is 36.4 Å². The van der Waals surface area contributed by atoms with Gasteiger partial charge < -0.3 is 15.1 Å². The highest BCUT2D eigenvalue weighted by atomic mass is 16.3. The van der Waals surface area contributed by atoms with Gasteiger partial charge >= 0.3 is 0 Å². The van der Waals surface area contributed by atoms with E-state index in [-0.39, 0.29) is 17.6 Å². The van der Waals surface area contributed by atoms with Gasteiger partial charge in [0, 0.05) is 11.3 Å². The Morgan fingerprint density at radius 1 is 1.12 bits per heavy atom. The third-order valence-electron chi connectivity index (χ3n) is 3.99. The van der Waals surface area contributed by atoms with Crippen LogP contribution in [0.5, 0.6) is 0 Å². The van der Waals surface area contributed by atoms with E-state index in [1.165, 1.54) is 6.26 Å². The number of nitrogens with one attached hydrogen (secondary N) is 2. The monoisotopic (exact) mass is 324 g/mol. The summed E-state index contributed by atoms with van der Waals surface area (Å²) in [5.41, 5.74) is 0.415. The number of benzene rings is 1. The minimum Gasteiger partial charge on any atom is -0.459 e. The summed E-state index contributed by atoms with van der Waals surface area (Å²) in [6, 6.07) is 9.81. The van der Waals surface area contributed by atoms with Crippen LogP contribution in [-0.2, 0) is 0 Å². The Labute approximate surface area is 141 Å². The molecule has 124 valence electrons. The van der Waals surface area contributed by atoms with Crippen LogP contribution in [0, 0.1) is 12.3 Å². The quantitative estimate of drug-likeness (QED) is 0.799. The Balaban J connectivity index is 2.05. The van der Waals surface area contributed by atoms with Gasteiger partial charge in [0.15, 0.2) is 5.76 Å². The lowest BCUT2D eigenvalue weighted by molar-refractivity contribution is 0.0916. The van der Waals surface area contributed by atoms with Gasteiger partial charge in [0.25, 0.3) is 11.8 Å². The number of terminal acetylenes is 1. The van der Waals surface area contributed by atoms with Gasteiger partial charge in [0.2, 0.25) is 0 Å². The molecule has 0 bridgehead atoms. The Morgan fingerprint density at radius 2 is 1.79 bits per heavy atom. The largest absolute Gasteiger partial charge is 0.459 e. The zero-order chi connectivity index (χ0) is 17.6. The van der Waals surface area contributed by atoms with Gasteiger partial charge in [0.05, 0.1) is 6.26 Å². The lowest BCUT2D eigenvalue weighted by Crippen LogP contribution is -2.46. The second-order valence-corrected chi connectivity index (χ2v) is 5.40. The van der Waals surface area contributed by atoms with E-state index in [2.05, 4.69) is 16.6 Å². The average Bonchev–Trinajstić information content (AvgIpc) is 3.15. The predicted molar refractivity (Wildman–Crippen MR) is 92.7 cm³/mol. The van der Waals surface area contributed by atoms with Crippen molar-refractivity contribution in [2.75, 3.05) is 5.32 Å². The van der Waals surface area contributed by atoms with Crippen molar-refractivity contribution in [2.45, 2.75) is 32.2 Å². The summed E-state index contributed by atoms with van der Waals surface area (Å²) < 4.78 is 5.03. The normalized spacial score (nSPS) is 10.7. The van der Waals surface area contributed by atoms with Crippen LogP contribution in [0.4, 0.5) is 5.69 Å². The summed E-state index contributed by atoms with van der Waals surface area (Å²) in [5.74, 6) is 2.31. The second kappa shape index (κ2) is 7.51. The Kier molecular flexibility index (Phi) is 5.43. The smallest absolute Gasteiger partial charge is 0.291 e. The molecule has 2 amide bonds. The molecule has 1 heterocycles. The van der Waals surface area contributed by atoms with Gasteiger partial charge in [-0.15, -0.1) is 6.42 Å². The van der Waals surface area contributed by atoms with E-state index in [1.807, 2.05) is 13.8 Å². The number of rotatable bonds is 6. The van der Waals surface area contributed by atoms with Crippen LogP contribution < -0.4 is 10.6 Å². The maximum Gasteiger partial charge on any atom is 0.291 e. The lowest BCUT2D eigenvalue weighted by atomic mass is 9.93.